The molecular weight excluding hydrogens is 405 g/mol. The fourth-order valence-electron chi connectivity index (χ4n) is 4.01. The number of halogens is 1. The van der Waals surface area contributed by atoms with E-state index in [4.69, 9.17) is 10.7 Å². The molecule has 1 fully saturated rings. The van der Waals surface area contributed by atoms with Crippen molar-refractivity contribution in [2.24, 2.45) is 0 Å². The predicted octanol–water partition coefficient (Wildman–Crippen LogP) is 6.85. The molecule has 2 aliphatic carbocycles. The van der Waals surface area contributed by atoms with E-state index >= 15 is 0 Å². The van der Waals surface area contributed by atoms with Crippen LogP contribution in [-0.4, -0.2) is 11.8 Å². The lowest BCUT2D eigenvalue weighted by Crippen LogP contribution is -2.27. The van der Waals surface area contributed by atoms with Crippen LogP contribution in [0.5, 0.6) is 0 Å². The van der Waals surface area contributed by atoms with Crippen molar-refractivity contribution in [1.82, 2.24) is 5.32 Å². The SMILES string of the molecule is C=Cc1cc(-c2ccc(C#N)c(F)c2)c(C2=C/C(=C/NC3CCCCC3)C(=N)C=C2)s1. The summed E-state index contributed by atoms with van der Waals surface area (Å²) in [5, 5.41) is 20.8. The second-order valence-electron chi connectivity index (χ2n) is 7.85. The number of rotatable bonds is 5. The summed E-state index contributed by atoms with van der Waals surface area (Å²) in [7, 11) is 0. The van der Waals surface area contributed by atoms with Crippen LogP contribution in [0.2, 0.25) is 0 Å². The van der Waals surface area contributed by atoms with Gasteiger partial charge in [-0.2, -0.15) is 5.26 Å². The summed E-state index contributed by atoms with van der Waals surface area (Å²) in [4.78, 5) is 1.97. The van der Waals surface area contributed by atoms with Crippen LogP contribution < -0.4 is 5.32 Å². The van der Waals surface area contributed by atoms with E-state index in [1.54, 1.807) is 29.6 Å². The number of nitriles is 1. The number of hydrogen-bond acceptors (Lipinski definition) is 4. The molecule has 0 unspecified atom stereocenters. The average Bonchev–Trinajstić information content (AvgIpc) is 3.24. The van der Waals surface area contributed by atoms with E-state index in [1.165, 1.54) is 44.2 Å². The first-order chi connectivity index (χ1) is 15.1. The summed E-state index contributed by atoms with van der Waals surface area (Å²) in [6.45, 7) is 3.88. The number of nitrogens with one attached hydrogen (secondary N) is 2. The Labute approximate surface area is 186 Å². The number of benzene rings is 1. The molecule has 4 rings (SSSR count). The Bertz CT molecular complexity index is 1150. The number of thiophene rings is 1. The van der Waals surface area contributed by atoms with Crippen molar-refractivity contribution >= 4 is 28.7 Å². The van der Waals surface area contributed by atoms with Gasteiger partial charge in [-0.15, -0.1) is 11.3 Å². The molecule has 2 aromatic rings. The highest BCUT2D eigenvalue weighted by Gasteiger charge is 2.18. The standard InChI is InChI=1S/C26H24FN3S/c1-2-22-14-23(17-8-9-19(15-28)24(27)13-17)26(31-22)18-10-11-25(29)20(12-18)16-30-21-6-4-3-5-7-21/h2,8-14,16,21,29-30H,1,3-7H2/b20-16-,29-25?. The van der Waals surface area contributed by atoms with Gasteiger partial charge in [-0.05, 0) is 54.3 Å². The third-order valence-electron chi connectivity index (χ3n) is 5.75. The Morgan fingerprint density at radius 2 is 2.00 bits per heavy atom. The van der Waals surface area contributed by atoms with Crippen molar-refractivity contribution in [3.8, 4) is 17.2 Å². The van der Waals surface area contributed by atoms with Crippen LogP contribution in [0.25, 0.3) is 22.8 Å². The molecule has 0 amide bonds. The highest BCUT2D eigenvalue weighted by atomic mass is 32.1. The lowest BCUT2D eigenvalue weighted by molar-refractivity contribution is 0.404. The summed E-state index contributed by atoms with van der Waals surface area (Å²) in [5.41, 5.74) is 3.94. The van der Waals surface area contributed by atoms with Gasteiger partial charge in [-0.1, -0.05) is 44.1 Å². The van der Waals surface area contributed by atoms with Gasteiger partial charge in [0.15, 0.2) is 0 Å². The highest BCUT2D eigenvalue weighted by molar-refractivity contribution is 7.14. The molecule has 1 heterocycles. The van der Waals surface area contributed by atoms with Gasteiger partial charge in [0.25, 0.3) is 0 Å². The van der Waals surface area contributed by atoms with Gasteiger partial charge in [0.05, 0.1) is 11.3 Å². The second kappa shape index (κ2) is 9.28. The third-order valence-corrected chi connectivity index (χ3v) is 6.93. The smallest absolute Gasteiger partial charge is 0.141 e. The Kier molecular flexibility index (Phi) is 6.29. The van der Waals surface area contributed by atoms with Crippen molar-refractivity contribution in [3.63, 3.8) is 0 Å². The Balaban J connectivity index is 1.69. The van der Waals surface area contributed by atoms with E-state index in [0.29, 0.717) is 11.8 Å². The fourth-order valence-corrected chi connectivity index (χ4v) is 5.04. The van der Waals surface area contributed by atoms with Crippen LogP contribution in [0.3, 0.4) is 0 Å². The molecule has 0 spiro atoms. The topological polar surface area (TPSA) is 59.7 Å². The normalized spacial score (nSPS) is 18.0. The largest absolute Gasteiger partial charge is 0.388 e. The lowest BCUT2D eigenvalue weighted by Gasteiger charge is -2.22. The monoisotopic (exact) mass is 429 g/mol. The first-order valence-electron chi connectivity index (χ1n) is 10.5. The van der Waals surface area contributed by atoms with Gasteiger partial charge in [0.2, 0.25) is 0 Å². The first kappa shape index (κ1) is 21.0. The van der Waals surface area contributed by atoms with E-state index < -0.39 is 5.82 Å². The van der Waals surface area contributed by atoms with Crippen molar-refractivity contribution in [2.45, 2.75) is 38.1 Å². The Hall–Kier alpha value is -3.23. The molecule has 156 valence electrons. The minimum atomic E-state index is -0.524. The van der Waals surface area contributed by atoms with E-state index in [9.17, 15) is 4.39 Å². The Morgan fingerprint density at radius 1 is 1.19 bits per heavy atom. The number of nitrogens with zero attached hydrogens (tertiary/aromatic N) is 1. The van der Waals surface area contributed by atoms with Crippen molar-refractivity contribution < 1.29 is 4.39 Å². The molecular formula is C26H24FN3S. The molecule has 31 heavy (non-hydrogen) atoms. The molecule has 0 saturated heterocycles. The van der Waals surface area contributed by atoms with Gasteiger partial charge in [0, 0.05) is 33.1 Å². The molecule has 5 heteroatoms. The maximum atomic E-state index is 14.3. The maximum absolute atomic E-state index is 14.3. The van der Waals surface area contributed by atoms with Crippen LogP contribution >= 0.6 is 11.3 Å². The lowest BCUT2D eigenvalue weighted by atomic mass is 9.94. The van der Waals surface area contributed by atoms with Gasteiger partial charge in [-0.25, -0.2) is 4.39 Å². The van der Waals surface area contributed by atoms with Crippen molar-refractivity contribution in [2.75, 3.05) is 0 Å². The predicted molar refractivity (Wildman–Crippen MR) is 127 cm³/mol. The van der Waals surface area contributed by atoms with E-state index in [0.717, 1.165) is 32.0 Å². The minimum Gasteiger partial charge on any atom is -0.388 e. The third kappa shape index (κ3) is 4.60. The minimum absolute atomic E-state index is 0.0358. The molecule has 0 radical (unpaired) electrons. The van der Waals surface area contributed by atoms with Crippen molar-refractivity contribution in [3.05, 3.63) is 82.0 Å². The Morgan fingerprint density at radius 3 is 2.71 bits per heavy atom. The van der Waals surface area contributed by atoms with Crippen LogP contribution in [0.15, 0.2) is 60.8 Å². The zero-order valence-electron chi connectivity index (χ0n) is 17.2. The van der Waals surface area contributed by atoms with Crippen LogP contribution in [0.1, 0.15) is 47.4 Å². The molecule has 0 aliphatic heterocycles. The summed E-state index contributed by atoms with van der Waals surface area (Å²) in [6, 6.07) is 9.04. The van der Waals surface area contributed by atoms with Gasteiger partial charge < -0.3 is 10.7 Å². The molecule has 2 N–H and O–H groups in total. The van der Waals surface area contributed by atoms with Crippen LogP contribution in [0.4, 0.5) is 4.39 Å². The van der Waals surface area contributed by atoms with Crippen LogP contribution in [-0.2, 0) is 0 Å². The number of hydrogen-bond donors (Lipinski definition) is 2. The van der Waals surface area contributed by atoms with Crippen LogP contribution in [0, 0.1) is 22.6 Å². The van der Waals surface area contributed by atoms with Gasteiger partial charge in [-0.3, -0.25) is 0 Å². The summed E-state index contributed by atoms with van der Waals surface area (Å²) >= 11 is 1.58. The van der Waals surface area contributed by atoms with E-state index in [2.05, 4.69) is 11.9 Å². The highest BCUT2D eigenvalue weighted by Crippen LogP contribution is 2.39. The quantitative estimate of drug-likeness (QED) is 0.546. The first-order valence-corrected chi connectivity index (χ1v) is 11.3. The summed E-state index contributed by atoms with van der Waals surface area (Å²) in [6.07, 6.45) is 15.7. The second-order valence-corrected chi connectivity index (χ2v) is 8.93. The molecule has 0 bridgehead atoms. The van der Waals surface area contributed by atoms with Crippen molar-refractivity contribution in [1.29, 1.82) is 10.7 Å². The van der Waals surface area contributed by atoms with Gasteiger partial charge >= 0.3 is 0 Å². The molecule has 1 aromatic heterocycles. The summed E-state index contributed by atoms with van der Waals surface area (Å²) in [5.74, 6) is -0.524. The zero-order valence-corrected chi connectivity index (χ0v) is 18.1. The van der Waals surface area contributed by atoms with Gasteiger partial charge in [0.1, 0.15) is 11.9 Å². The molecule has 0 atom stereocenters. The van der Waals surface area contributed by atoms with E-state index in [1.807, 2.05) is 30.5 Å². The average molecular weight is 430 g/mol. The van der Waals surface area contributed by atoms with E-state index in [-0.39, 0.29) is 5.56 Å². The molecule has 2 aliphatic rings. The molecule has 1 aromatic carbocycles. The number of allylic oxidation sites excluding steroid dienone is 5. The zero-order chi connectivity index (χ0) is 21.8. The maximum Gasteiger partial charge on any atom is 0.141 e. The fraction of sp³-hybridized carbons (Fsp3) is 0.231. The molecule has 1 saturated carbocycles. The molecule has 3 nitrogen and oxygen atoms in total. The summed E-state index contributed by atoms with van der Waals surface area (Å²) < 4.78 is 14.3.